The third-order valence-corrected chi connectivity index (χ3v) is 4.77. The Morgan fingerprint density at radius 2 is 1.88 bits per heavy atom. The van der Waals surface area contributed by atoms with Crippen molar-refractivity contribution in [3.05, 3.63) is 60.8 Å². The molecule has 1 aromatic heterocycles. The zero-order chi connectivity index (χ0) is 18.4. The van der Waals surface area contributed by atoms with Gasteiger partial charge >= 0.3 is 0 Å². The van der Waals surface area contributed by atoms with Crippen LogP contribution in [0.3, 0.4) is 0 Å². The van der Waals surface area contributed by atoms with E-state index in [9.17, 15) is 4.79 Å². The zero-order valence-corrected chi connectivity index (χ0v) is 15.6. The number of imidazole rings is 1. The lowest BCUT2D eigenvalue weighted by Gasteiger charge is -2.13. The lowest BCUT2D eigenvalue weighted by Crippen LogP contribution is -2.20. The molecule has 0 atom stereocenters. The molecule has 0 radical (unpaired) electrons. The van der Waals surface area contributed by atoms with Crippen molar-refractivity contribution < 1.29 is 9.53 Å². The molecule has 1 heterocycles. The number of hydrogen-bond acceptors (Lipinski definition) is 4. The molecule has 0 aliphatic heterocycles. The lowest BCUT2D eigenvalue weighted by molar-refractivity contribution is -0.118. The van der Waals surface area contributed by atoms with E-state index in [0.29, 0.717) is 12.4 Å². The van der Waals surface area contributed by atoms with Crippen LogP contribution in [0.2, 0.25) is 0 Å². The predicted octanol–water partition coefficient (Wildman–Crippen LogP) is 3.78. The van der Waals surface area contributed by atoms with E-state index in [1.54, 1.807) is 7.05 Å². The maximum absolute atomic E-state index is 11.6. The van der Waals surface area contributed by atoms with Crippen molar-refractivity contribution in [1.82, 2.24) is 14.9 Å². The molecule has 0 saturated carbocycles. The summed E-state index contributed by atoms with van der Waals surface area (Å²) in [6, 6.07) is 18.0. The number of hydrogen-bond donors (Lipinski definition) is 1. The topological polar surface area (TPSA) is 56.2 Å². The molecule has 134 valence electrons. The normalized spacial score (nSPS) is 10.5. The van der Waals surface area contributed by atoms with Crippen molar-refractivity contribution >= 4 is 17.7 Å². The van der Waals surface area contributed by atoms with Crippen LogP contribution in [0.1, 0.15) is 6.92 Å². The highest BCUT2D eigenvalue weighted by molar-refractivity contribution is 7.99. The van der Waals surface area contributed by atoms with Gasteiger partial charge in [0.25, 0.3) is 0 Å². The van der Waals surface area contributed by atoms with Gasteiger partial charge in [0.1, 0.15) is 5.75 Å². The quantitative estimate of drug-likeness (QED) is 0.646. The molecule has 2 aromatic carbocycles. The number of ether oxygens (including phenoxy) is 1. The Morgan fingerprint density at radius 3 is 2.54 bits per heavy atom. The second-order valence-corrected chi connectivity index (χ2v) is 6.46. The molecule has 3 rings (SSSR count). The molecule has 0 unspecified atom stereocenters. The molecule has 0 bridgehead atoms. The summed E-state index contributed by atoms with van der Waals surface area (Å²) in [5.41, 5.74) is 3.03. The van der Waals surface area contributed by atoms with E-state index in [4.69, 9.17) is 4.74 Å². The molecule has 26 heavy (non-hydrogen) atoms. The van der Waals surface area contributed by atoms with Crippen LogP contribution in [-0.4, -0.2) is 34.9 Å². The Morgan fingerprint density at radius 1 is 1.15 bits per heavy atom. The van der Waals surface area contributed by atoms with Gasteiger partial charge in [-0.2, -0.15) is 0 Å². The summed E-state index contributed by atoms with van der Waals surface area (Å²) < 4.78 is 7.60. The number of nitrogens with zero attached hydrogens (tertiary/aromatic N) is 2. The fourth-order valence-corrected chi connectivity index (χ4v) is 3.42. The van der Waals surface area contributed by atoms with Gasteiger partial charge in [0.2, 0.25) is 5.91 Å². The molecule has 0 fully saturated rings. The van der Waals surface area contributed by atoms with E-state index in [1.165, 1.54) is 11.8 Å². The van der Waals surface area contributed by atoms with Crippen LogP contribution < -0.4 is 10.1 Å². The maximum Gasteiger partial charge on any atom is 0.230 e. The van der Waals surface area contributed by atoms with Gasteiger partial charge in [0.05, 0.1) is 24.3 Å². The second kappa shape index (κ2) is 8.58. The monoisotopic (exact) mass is 367 g/mol. The van der Waals surface area contributed by atoms with Crippen LogP contribution in [0.5, 0.6) is 5.75 Å². The average molecular weight is 367 g/mol. The fraction of sp³-hybridized carbons (Fsp3) is 0.200. The molecule has 6 heteroatoms. The number of nitrogens with one attached hydrogen (secondary N) is 1. The lowest BCUT2D eigenvalue weighted by atomic mass is 10.1. The first-order valence-corrected chi connectivity index (χ1v) is 9.41. The minimum Gasteiger partial charge on any atom is -0.494 e. The van der Waals surface area contributed by atoms with E-state index < -0.39 is 0 Å². The number of amides is 1. The Hall–Kier alpha value is -2.73. The summed E-state index contributed by atoms with van der Waals surface area (Å²) >= 11 is 1.41. The molecule has 5 nitrogen and oxygen atoms in total. The van der Waals surface area contributed by atoms with Crippen molar-refractivity contribution in [3.63, 3.8) is 0 Å². The number of rotatable bonds is 7. The van der Waals surface area contributed by atoms with Crippen LogP contribution in [-0.2, 0) is 4.79 Å². The van der Waals surface area contributed by atoms with Crippen LogP contribution in [0, 0.1) is 0 Å². The molecule has 3 aromatic rings. The minimum absolute atomic E-state index is 0.0301. The Labute approximate surface area is 157 Å². The van der Waals surface area contributed by atoms with E-state index >= 15 is 0 Å². The highest BCUT2D eigenvalue weighted by Crippen LogP contribution is 2.30. The van der Waals surface area contributed by atoms with E-state index in [1.807, 2.05) is 55.6 Å². The SMILES string of the molecule is CCOc1ccc(-n2c(-c3ccccc3)cnc2SCC(=O)NC)cc1. The molecule has 1 amide bonds. The Bertz CT molecular complexity index is 861. The van der Waals surface area contributed by atoms with Crippen LogP contribution in [0.4, 0.5) is 0 Å². The minimum atomic E-state index is -0.0301. The van der Waals surface area contributed by atoms with Crippen molar-refractivity contribution in [2.24, 2.45) is 0 Å². The van der Waals surface area contributed by atoms with Gasteiger partial charge in [-0.3, -0.25) is 9.36 Å². The highest BCUT2D eigenvalue weighted by Gasteiger charge is 2.15. The zero-order valence-electron chi connectivity index (χ0n) is 14.8. The Balaban J connectivity index is 2.01. The van der Waals surface area contributed by atoms with Crippen LogP contribution in [0.15, 0.2) is 66.0 Å². The van der Waals surface area contributed by atoms with Gasteiger partial charge in [0.15, 0.2) is 5.16 Å². The van der Waals surface area contributed by atoms with Gasteiger partial charge in [0, 0.05) is 18.3 Å². The number of benzene rings is 2. The predicted molar refractivity (Wildman–Crippen MR) is 105 cm³/mol. The number of carbonyl (C=O) groups is 1. The van der Waals surface area contributed by atoms with Crippen molar-refractivity contribution in [2.75, 3.05) is 19.4 Å². The molecular formula is C20H21N3O2S. The van der Waals surface area contributed by atoms with Crippen molar-refractivity contribution in [1.29, 1.82) is 0 Å². The average Bonchev–Trinajstić information content (AvgIpc) is 3.11. The van der Waals surface area contributed by atoms with Crippen LogP contribution >= 0.6 is 11.8 Å². The van der Waals surface area contributed by atoms with Gasteiger partial charge in [-0.1, -0.05) is 42.1 Å². The molecule has 0 aliphatic carbocycles. The van der Waals surface area contributed by atoms with E-state index in [0.717, 1.165) is 27.9 Å². The molecule has 0 spiro atoms. The highest BCUT2D eigenvalue weighted by atomic mass is 32.2. The summed E-state index contributed by atoms with van der Waals surface area (Å²) in [6.45, 7) is 2.59. The fourth-order valence-electron chi connectivity index (χ4n) is 2.56. The second-order valence-electron chi connectivity index (χ2n) is 5.52. The third-order valence-electron chi connectivity index (χ3n) is 3.82. The number of aromatic nitrogens is 2. The van der Waals surface area contributed by atoms with Gasteiger partial charge in [-0.05, 0) is 31.2 Å². The Kier molecular flexibility index (Phi) is 5.96. The summed E-state index contributed by atoms with van der Waals surface area (Å²) in [4.78, 5) is 16.2. The third kappa shape index (κ3) is 4.08. The number of thioether (sulfide) groups is 1. The van der Waals surface area contributed by atoms with Crippen LogP contribution in [0.25, 0.3) is 16.9 Å². The number of carbonyl (C=O) groups excluding carboxylic acids is 1. The summed E-state index contributed by atoms with van der Waals surface area (Å²) in [5, 5.41) is 3.42. The summed E-state index contributed by atoms with van der Waals surface area (Å²) in [7, 11) is 1.64. The maximum atomic E-state index is 11.6. The molecule has 1 N–H and O–H groups in total. The largest absolute Gasteiger partial charge is 0.494 e. The van der Waals surface area contributed by atoms with E-state index in [2.05, 4.69) is 27.0 Å². The molecular weight excluding hydrogens is 346 g/mol. The molecule has 0 saturated heterocycles. The standard InChI is InChI=1S/C20H21N3O2S/c1-3-25-17-11-9-16(10-12-17)23-18(15-7-5-4-6-8-15)13-22-20(23)26-14-19(24)21-2/h4-13H,3,14H2,1-2H3,(H,21,24). The summed E-state index contributed by atoms with van der Waals surface area (Å²) in [5.74, 6) is 1.12. The van der Waals surface area contributed by atoms with Crippen molar-refractivity contribution in [2.45, 2.75) is 12.1 Å². The first-order valence-electron chi connectivity index (χ1n) is 8.42. The van der Waals surface area contributed by atoms with Gasteiger partial charge < -0.3 is 10.1 Å². The summed E-state index contributed by atoms with van der Waals surface area (Å²) in [6.07, 6.45) is 1.85. The van der Waals surface area contributed by atoms with Crippen molar-refractivity contribution in [3.8, 4) is 22.7 Å². The van der Waals surface area contributed by atoms with E-state index in [-0.39, 0.29) is 5.91 Å². The van der Waals surface area contributed by atoms with Gasteiger partial charge in [-0.25, -0.2) is 4.98 Å². The molecule has 0 aliphatic rings. The first-order chi connectivity index (χ1) is 12.7. The van der Waals surface area contributed by atoms with Gasteiger partial charge in [-0.15, -0.1) is 0 Å². The first kappa shape index (κ1) is 18.1. The smallest absolute Gasteiger partial charge is 0.230 e.